The van der Waals surface area contributed by atoms with Crippen molar-refractivity contribution in [1.29, 1.82) is 0 Å². The maximum atomic E-state index is 13.9. The number of hydrogen-bond donors (Lipinski definition) is 0. The van der Waals surface area contributed by atoms with E-state index in [2.05, 4.69) is 13.8 Å². The third kappa shape index (κ3) is 5.36. The molecule has 0 aliphatic rings. The Balaban J connectivity index is 2.64. The summed E-state index contributed by atoms with van der Waals surface area (Å²) in [7, 11) is -9.35. The van der Waals surface area contributed by atoms with E-state index >= 15 is 0 Å². The van der Waals surface area contributed by atoms with Crippen LogP contribution in [0.5, 0.6) is 0 Å². The summed E-state index contributed by atoms with van der Waals surface area (Å²) in [6.07, 6.45) is 0. The Morgan fingerprint density at radius 3 is 1.36 bits per heavy atom. The van der Waals surface area contributed by atoms with Crippen LogP contribution >= 0.6 is 10.3 Å². The Labute approximate surface area is 214 Å². The largest absolute Gasteiger partial charge is 0.524 e. The van der Waals surface area contributed by atoms with E-state index in [-0.39, 0.29) is 17.8 Å². The number of alkyl halides is 3. The Hall–Kier alpha value is -2.29. The molecular weight excluding hydrogens is 505 g/mol. The van der Waals surface area contributed by atoms with Crippen LogP contribution in [-0.2, 0) is 13.7 Å². The molecule has 8 heteroatoms. The molecule has 0 saturated heterocycles. The standard InChI is InChI=1S/C28H33F3O3S2/c1-19(2)22-17-25(20(3)4)27(26(18-22)21(5)6)35(23-13-9-7-10-14-23,24-15-11-8-12-16-24)34-36(32,33)28(29,30)31/h7-21H,1-6H3. The van der Waals surface area contributed by atoms with Gasteiger partial charge >= 0.3 is 15.6 Å². The van der Waals surface area contributed by atoms with Crippen molar-refractivity contribution < 1.29 is 25.2 Å². The van der Waals surface area contributed by atoms with E-state index in [0.717, 1.165) is 16.7 Å². The van der Waals surface area contributed by atoms with Gasteiger partial charge in [0, 0.05) is 14.7 Å². The van der Waals surface area contributed by atoms with Crippen molar-refractivity contribution in [2.24, 2.45) is 0 Å². The van der Waals surface area contributed by atoms with Gasteiger partial charge in [0.1, 0.15) is 0 Å². The van der Waals surface area contributed by atoms with Gasteiger partial charge in [-0.2, -0.15) is 25.2 Å². The first-order valence-corrected chi connectivity index (χ1v) is 14.8. The minimum absolute atomic E-state index is 0.104. The van der Waals surface area contributed by atoms with Gasteiger partial charge in [0.05, 0.1) is 0 Å². The van der Waals surface area contributed by atoms with Crippen molar-refractivity contribution in [1.82, 2.24) is 0 Å². The minimum Gasteiger partial charge on any atom is -0.200 e. The van der Waals surface area contributed by atoms with E-state index in [1.807, 2.05) is 39.8 Å². The number of hydrogen-bond acceptors (Lipinski definition) is 3. The monoisotopic (exact) mass is 538 g/mol. The summed E-state index contributed by atoms with van der Waals surface area (Å²) >= 11 is 0. The lowest BCUT2D eigenvalue weighted by molar-refractivity contribution is -0.0496. The van der Waals surface area contributed by atoms with Gasteiger partial charge in [-0.25, -0.2) is 0 Å². The molecule has 3 aromatic rings. The lowest BCUT2D eigenvalue weighted by Gasteiger charge is -2.43. The van der Waals surface area contributed by atoms with E-state index in [9.17, 15) is 21.6 Å². The third-order valence-electron chi connectivity index (χ3n) is 5.99. The minimum atomic E-state index is -5.97. The van der Waals surface area contributed by atoms with Crippen LogP contribution in [-0.4, -0.2) is 13.9 Å². The fourth-order valence-corrected chi connectivity index (χ4v) is 9.46. The molecule has 3 nitrogen and oxygen atoms in total. The van der Waals surface area contributed by atoms with Crippen molar-refractivity contribution in [2.75, 3.05) is 0 Å². The second-order valence-corrected chi connectivity index (χ2v) is 14.0. The molecule has 3 aromatic carbocycles. The Morgan fingerprint density at radius 1 is 0.667 bits per heavy atom. The molecule has 0 spiro atoms. The first kappa shape index (κ1) is 28.3. The second kappa shape index (κ2) is 10.6. The van der Waals surface area contributed by atoms with Gasteiger partial charge in [-0.05, 0) is 69.0 Å². The highest BCUT2D eigenvalue weighted by Crippen LogP contribution is 2.73. The van der Waals surface area contributed by atoms with Gasteiger partial charge in [0.25, 0.3) is 0 Å². The zero-order chi connectivity index (χ0) is 26.9. The first-order chi connectivity index (χ1) is 16.7. The summed E-state index contributed by atoms with van der Waals surface area (Å²) in [5.41, 5.74) is -2.97. The van der Waals surface area contributed by atoms with Gasteiger partial charge in [-0.15, -0.1) is 0 Å². The van der Waals surface area contributed by atoms with Gasteiger partial charge < -0.3 is 0 Å². The van der Waals surface area contributed by atoms with Crippen molar-refractivity contribution in [3.63, 3.8) is 0 Å². The Kier molecular flexibility index (Phi) is 8.33. The molecule has 0 saturated carbocycles. The van der Waals surface area contributed by atoms with Gasteiger partial charge in [0.15, 0.2) is 0 Å². The maximum absolute atomic E-state index is 13.9. The molecule has 36 heavy (non-hydrogen) atoms. The fraction of sp³-hybridized carbons (Fsp3) is 0.357. The summed E-state index contributed by atoms with van der Waals surface area (Å²) in [4.78, 5) is 1.28. The molecule has 0 radical (unpaired) electrons. The average Bonchev–Trinajstić information content (AvgIpc) is 2.82. The first-order valence-electron chi connectivity index (χ1n) is 11.9. The van der Waals surface area contributed by atoms with Crippen LogP contribution < -0.4 is 0 Å². The number of benzene rings is 3. The molecular formula is C28H33F3O3S2. The van der Waals surface area contributed by atoms with Crippen molar-refractivity contribution in [3.8, 4) is 0 Å². The predicted octanol–water partition coefficient (Wildman–Crippen LogP) is 9.12. The molecule has 0 N–H and O–H groups in total. The molecule has 3 rings (SSSR count). The van der Waals surface area contributed by atoms with Crippen LogP contribution in [0.1, 0.15) is 76.0 Å². The average molecular weight is 539 g/mol. The molecule has 196 valence electrons. The predicted molar refractivity (Wildman–Crippen MR) is 140 cm³/mol. The van der Waals surface area contributed by atoms with Crippen LogP contribution in [0, 0.1) is 0 Å². The molecule has 0 aromatic heterocycles. The zero-order valence-corrected chi connectivity index (χ0v) is 23.0. The van der Waals surface area contributed by atoms with Gasteiger partial charge in [-0.3, -0.25) is 0 Å². The fourth-order valence-electron chi connectivity index (χ4n) is 4.10. The summed E-state index contributed by atoms with van der Waals surface area (Å²) < 4.78 is 72.9. The molecule has 0 fully saturated rings. The van der Waals surface area contributed by atoms with Crippen LogP contribution in [0.4, 0.5) is 13.2 Å². The van der Waals surface area contributed by atoms with Crippen molar-refractivity contribution >= 4 is 20.4 Å². The summed E-state index contributed by atoms with van der Waals surface area (Å²) in [5.74, 6) is -0.0351. The van der Waals surface area contributed by atoms with Crippen molar-refractivity contribution in [2.45, 2.75) is 79.5 Å². The van der Waals surface area contributed by atoms with Crippen LogP contribution in [0.2, 0.25) is 0 Å². The third-order valence-corrected chi connectivity index (χ3v) is 11.0. The van der Waals surface area contributed by atoms with E-state index in [4.69, 9.17) is 3.63 Å². The Morgan fingerprint density at radius 2 is 1.06 bits per heavy atom. The van der Waals surface area contributed by atoms with Gasteiger partial charge in [0.2, 0.25) is 0 Å². The molecule has 0 aliphatic carbocycles. The molecule has 0 heterocycles. The quantitative estimate of drug-likeness (QED) is 0.269. The molecule has 0 aliphatic heterocycles. The number of rotatable bonds is 8. The SMILES string of the molecule is CC(C)c1cc(C(C)C)c(S(OS(=O)(=O)C(F)(F)F)(c2ccccc2)c2ccccc2)c(C(C)C)c1. The zero-order valence-electron chi connectivity index (χ0n) is 21.3. The topological polar surface area (TPSA) is 43.4 Å². The van der Waals surface area contributed by atoms with E-state index in [1.165, 1.54) is 0 Å². The maximum Gasteiger partial charge on any atom is 0.524 e. The molecule has 0 amide bonds. The highest BCUT2D eigenvalue weighted by molar-refractivity contribution is 8.33. The van der Waals surface area contributed by atoms with E-state index in [0.29, 0.717) is 14.7 Å². The van der Waals surface area contributed by atoms with Crippen LogP contribution in [0.25, 0.3) is 0 Å². The summed E-state index contributed by atoms with van der Waals surface area (Å²) in [5, 5.41) is 0. The lowest BCUT2D eigenvalue weighted by atomic mass is 9.89. The van der Waals surface area contributed by atoms with E-state index in [1.54, 1.807) is 60.7 Å². The molecule has 0 atom stereocenters. The van der Waals surface area contributed by atoms with Gasteiger partial charge in [-0.1, -0.05) is 90.1 Å². The highest BCUT2D eigenvalue weighted by Gasteiger charge is 2.53. The van der Waals surface area contributed by atoms with Crippen LogP contribution in [0.3, 0.4) is 0 Å². The summed E-state index contributed by atoms with van der Waals surface area (Å²) in [6.45, 7) is 12.0. The van der Waals surface area contributed by atoms with Crippen molar-refractivity contribution in [3.05, 3.63) is 89.5 Å². The highest BCUT2D eigenvalue weighted by atomic mass is 32.3. The van der Waals surface area contributed by atoms with E-state index < -0.39 is 25.9 Å². The lowest BCUT2D eigenvalue weighted by Crippen LogP contribution is -2.28. The smallest absolute Gasteiger partial charge is 0.200 e. The molecule has 0 unspecified atom stereocenters. The van der Waals surface area contributed by atoms with Crippen LogP contribution in [0.15, 0.2) is 87.5 Å². The Bertz CT molecular complexity index is 1220. The normalized spacial score (nSPS) is 13.6. The number of halogens is 3. The second-order valence-electron chi connectivity index (χ2n) is 9.64. The molecule has 0 bridgehead atoms. The summed E-state index contributed by atoms with van der Waals surface area (Å²) in [6, 6.07) is 20.8.